The molecule has 4 atom stereocenters. The Balaban J connectivity index is 2.00. The predicted octanol–water partition coefficient (Wildman–Crippen LogP) is 4.35. The van der Waals surface area contributed by atoms with Gasteiger partial charge in [0.15, 0.2) is 0 Å². The number of anilines is 1. The normalized spacial score (nSPS) is 25.9. The second-order valence-electron chi connectivity index (χ2n) is 7.53. The lowest BCUT2D eigenvalue weighted by Gasteiger charge is -2.36. The molecule has 3 nitrogen and oxygen atoms in total. The molecular formula is C20H32N2O. The van der Waals surface area contributed by atoms with Crippen LogP contribution in [0, 0.1) is 32.6 Å². The zero-order valence-electron chi connectivity index (χ0n) is 15.5. The molecule has 1 aliphatic carbocycles. The first-order valence-electron chi connectivity index (χ1n) is 8.94. The van der Waals surface area contributed by atoms with E-state index in [0.29, 0.717) is 12.0 Å². The van der Waals surface area contributed by atoms with Crippen LogP contribution in [0.5, 0.6) is 0 Å². The van der Waals surface area contributed by atoms with Crippen molar-refractivity contribution in [3.05, 3.63) is 28.8 Å². The summed E-state index contributed by atoms with van der Waals surface area (Å²) < 4.78 is 0. The van der Waals surface area contributed by atoms with E-state index in [0.717, 1.165) is 22.7 Å². The van der Waals surface area contributed by atoms with Gasteiger partial charge in [0.2, 0.25) is 5.91 Å². The van der Waals surface area contributed by atoms with E-state index >= 15 is 0 Å². The first-order valence-corrected chi connectivity index (χ1v) is 8.94. The summed E-state index contributed by atoms with van der Waals surface area (Å²) in [4.78, 5) is 12.6. The van der Waals surface area contributed by atoms with Gasteiger partial charge in [0.25, 0.3) is 0 Å². The Bertz CT molecular complexity index is 544. The molecule has 128 valence electrons. The van der Waals surface area contributed by atoms with Crippen LogP contribution < -0.4 is 10.6 Å². The molecule has 23 heavy (non-hydrogen) atoms. The molecule has 1 aromatic rings. The van der Waals surface area contributed by atoms with Gasteiger partial charge in [-0.1, -0.05) is 44.4 Å². The molecule has 1 aromatic carbocycles. The second kappa shape index (κ2) is 7.48. The number of carbonyl (C=O) groups excluding carboxylic acids is 1. The van der Waals surface area contributed by atoms with Gasteiger partial charge in [0.1, 0.15) is 0 Å². The third kappa shape index (κ3) is 4.35. The Hall–Kier alpha value is -1.35. The smallest absolute Gasteiger partial charge is 0.241 e. The van der Waals surface area contributed by atoms with Gasteiger partial charge < -0.3 is 10.6 Å². The monoisotopic (exact) mass is 316 g/mol. The minimum absolute atomic E-state index is 0.0606. The Labute approximate surface area is 141 Å². The highest BCUT2D eigenvalue weighted by Gasteiger charge is 2.29. The largest absolute Gasteiger partial charge is 0.324 e. The number of amides is 1. The summed E-state index contributed by atoms with van der Waals surface area (Å²) in [6, 6.07) is 4.50. The molecule has 1 amide bonds. The van der Waals surface area contributed by atoms with Crippen LogP contribution in [0.2, 0.25) is 0 Å². The third-order valence-electron chi connectivity index (χ3n) is 5.49. The molecule has 1 aliphatic rings. The average molecular weight is 316 g/mol. The number of hydrogen-bond acceptors (Lipinski definition) is 2. The van der Waals surface area contributed by atoms with Crippen LogP contribution >= 0.6 is 0 Å². The predicted molar refractivity (Wildman–Crippen MR) is 97.8 cm³/mol. The minimum atomic E-state index is -0.173. The van der Waals surface area contributed by atoms with E-state index in [1.54, 1.807) is 0 Å². The molecule has 3 heteroatoms. The summed E-state index contributed by atoms with van der Waals surface area (Å²) in [5.41, 5.74) is 4.44. The molecule has 0 bridgehead atoms. The highest BCUT2D eigenvalue weighted by atomic mass is 16.2. The van der Waals surface area contributed by atoms with E-state index in [9.17, 15) is 4.79 Å². The van der Waals surface area contributed by atoms with Gasteiger partial charge in [-0.25, -0.2) is 0 Å². The van der Waals surface area contributed by atoms with Gasteiger partial charge in [-0.3, -0.25) is 4.79 Å². The highest BCUT2D eigenvalue weighted by Crippen LogP contribution is 2.30. The van der Waals surface area contributed by atoms with Crippen molar-refractivity contribution in [3.63, 3.8) is 0 Å². The van der Waals surface area contributed by atoms with Crippen molar-refractivity contribution in [2.75, 3.05) is 5.32 Å². The van der Waals surface area contributed by atoms with E-state index in [2.05, 4.69) is 57.4 Å². The molecule has 0 aliphatic heterocycles. The van der Waals surface area contributed by atoms with Crippen LogP contribution in [0.4, 0.5) is 5.69 Å². The molecule has 2 rings (SSSR count). The molecule has 0 saturated heterocycles. The van der Waals surface area contributed by atoms with E-state index in [-0.39, 0.29) is 11.9 Å². The first-order chi connectivity index (χ1) is 10.8. The van der Waals surface area contributed by atoms with E-state index in [4.69, 9.17) is 0 Å². The fourth-order valence-corrected chi connectivity index (χ4v) is 3.82. The van der Waals surface area contributed by atoms with Crippen molar-refractivity contribution in [2.24, 2.45) is 11.8 Å². The molecule has 0 aromatic heterocycles. The zero-order chi connectivity index (χ0) is 17.1. The molecule has 2 N–H and O–H groups in total. The molecule has 0 spiro atoms. The number of benzene rings is 1. The lowest BCUT2D eigenvalue weighted by Crippen LogP contribution is -2.49. The highest BCUT2D eigenvalue weighted by molar-refractivity contribution is 5.96. The van der Waals surface area contributed by atoms with Crippen LogP contribution in [0.1, 0.15) is 56.7 Å². The number of hydrogen-bond donors (Lipinski definition) is 2. The lowest BCUT2D eigenvalue weighted by molar-refractivity contribution is -0.118. The van der Waals surface area contributed by atoms with E-state index in [1.165, 1.54) is 24.8 Å². The fraction of sp³-hybridized carbons (Fsp3) is 0.650. The maximum Gasteiger partial charge on any atom is 0.241 e. The Kier molecular flexibility index (Phi) is 5.85. The Morgan fingerprint density at radius 1 is 1.13 bits per heavy atom. The maximum absolute atomic E-state index is 12.6. The summed E-state index contributed by atoms with van der Waals surface area (Å²) in [6.07, 6.45) is 3.74. The van der Waals surface area contributed by atoms with Crippen LogP contribution in [0.25, 0.3) is 0 Å². The molecule has 1 saturated carbocycles. The Morgan fingerprint density at radius 2 is 1.74 bits per heavy atom. The number of nitrogens with one attached hydrogen (secondary N) is 2. The summed E-state index contributed by atoms with van der Waals surface area (Å²) >= 11 is 0. The summed E-state index contributed by atoms with van der Waals surface area (Å²) in [5.74, 6) is 1.42. The van der Waals surface area contributed by atoms with Crippen molar-refractivity contribution in [3.8, 4) is 0 Å². The van der Waals surface area contributed by atoms with Gasteiger partial charge in [-0.15, -0.1) is 0 Å². The standard InChI is InChI=1S/C20H32N2O/c1-12-10-14(3)19(15(4)11-12)22-20(23)17(6)21-18-9-7-8-13(2)16(18)5/h10-11,13,16-18,21H,7-9H2,1-6H3,(H,22,23)/t13-,16-,17+,18-/m0/s1. The molecular weight excluding hydrogens is 284 g/mol. The summed E-state index contributed by atoms with van der Waals surface area (Å²) in [6.45, 7) is 12.8. The van der Waals surface area contributed by atoms with E-state index < -0.39 is 0 Å². The van der Waals surface area contributed by atoms with Crippen molar-refractivity contribution in [2.45, 2.75) is 72.9 Å². The fourth-order valence-electron chi connectivity index (χ4n) is 3.82. The van der Waals surface area contributed by atoms with Gasteiger partial charge in [-0.2, -0.15) is 0 Å². The van der Waals surface area contributed by atoms with Crippen molar-refractivity contribution in [1.29, 1.82) is 0 Å². The molecule has 0 radical (unpaired) electrons. The number of carbonyl (C=O) groups is 1. The van der Waals surface area contributed by atoms with Crippen molar-refractivity contribution in [1.82, 2.24) is 5.32 Å². The average Bonchev–Trinajstić information content (AvgIpc) is 2.47. The van der Waals surface area contributed by atoms with Gasteiger partial charge >= 0.3 is 0 Å². The maximum atomic E-state index is 12.6. The summed E-state index contributed by atoms with van der Waals surface area (Å²) in [5, 5.41) is 6.68. The topological polar surface area (TPSA) is 41.1 Å². The van der Waals surface area contributed by atoms with Crippen molar-refractivity contribution < 1.29 is 4.79 Å². The number of aryl methyl sites for hydroxylation is 3. The Morgan fingerprint density at radius 3 is 2.35 bits per heavy atom. The molecule has 0 heterocycles. The van der Waals surface area contributed by atoms with Crippen LogP contribution in [0.15, 0.2) is 12.1 Å². The van der Waals surface area contributed by atoms with Crippen molar-refractivity contribution >= 4 is 11.6 Å². The van der Waals surface area contributed by atoms with Crippen LogP contribution in [-0.2, 0) is 4.79 Å². The van der Waals surface area contributed by atoms with Crippen LogP contribution in [0.3, 0.4) is 0 Å². The van der Waals surface area contributed by atoms with Gasteiger partial charge in [0, 0.05) is 11.7 Å². The zero-order valence-corrected chi connectivity index (χ0v) is 15.5. The third-order valence-corrected chi connectivity index (χ3v) is 5.49. The lowest BCUT2D eigenvalue weighted by atomic mass is 9.78. The molecule has 0 unspecified atom stereocenters. The first kappa shape index (κ1) is 18.0. The SMILES string of the molecule is Cc1cc(C)c(NC(=O)[C@@H](C)N[C@H]2CCC[C@H](C)[C@@H]2C)c(C)c1. The van der Waals surface area contributed by atoms with E-state index in [1.807, 2.05) is 6.92 Å². The quantitative estimate of drug-likeness (QED) is 0.867. The van der Waals surface area contributed by atoms with Crippen LogP contribution in [-0.4, -0.2) is 18.0 Å². The molecule has 1 fully saturated rings. The second-order valence-corrected chi connectivity index (χ2v) is 7.53. The number of rotatable bonds is 4. The summed E-state index contributed by atoms with van der Waals surface area (Å²) in [7, 11) is 0. The minimum Gasteiger partial charge on any atom is -0.324 e. The van der Waals surface area contributed by atoms with Gasteiger partial charge in [-0.05, 0) is 57.1 Å². The van der Waals surface area contributed by atoms with Gasteiger partial charge in [0.05, 0.1) is 6.04 Å².